The molecule has 0 atom stereocenters. The van der Waals surface area contributed by atoms with Crippen molar-refractivity contribution >= 4 is 22.3 Å². The Balaban J connectivity index is 2.01. The van der Waals surface area contributed by atoms with Crippen LogP contribution in [0.25, 0.3) is 10.9 Å². The summed E-state index contributed by atoms with van der Waals surface area (Å²) in [4.78, 5) is 12.0. The van der Waals surface area contributed by atoms with Gasteiger partial charge in [0.25, 0.3) is 0 Å². The molecule has 4 rings (SSSR count). The van der Waals surface area contributed by atoms with Gasteiger partial charge >= 0.3 is 0 Å². The highest BCUT2D eigenvalue weighted by molar-refractivity contribution is 6.16. The van der Waals surface area contributed by atoms with Crippen LogP contribution in [0.2, 0.25) is 0 Å². The summed E-state index contributed by atoms with van der Waals surface area (Å²) in [6.07, 6.45) is 1.87. The summed E-state index contributed by atoms with van der Waals surface area (Å²) < 4.78 is 0. The van der Waals surface area contributed by atoms with Gasteiger partial charge in [0.1, 0.15) is 0 Å². The molecule has 0 radical (unpaired) electrons. The first-order valence-electron chi connectivity index (χ1n) is 9.90. The third-order valence-electron chi connectivity index (χ3n) is 6.55. The summed E-state index contributed by atoms with van der Waals surface area (Å²) in [5.41, 5.74) is 8.17. The smallest absolute Gasteiger partial charge is 0.0729 e. The van der Waals surface area contributed by atoms with Gasteiger partial charge in [-0.3, -0.25) is 9.98 Å². The number of aliphatic imine (C=N–C) groups is 1. The lowest BCUT2D eigenvalue weighted by molar-refractivity contribution is 0.302. The molecule has 0 spiro atoms. The minimum absolute atomic E-state index is 0.0373. The summed E-state index contributed by atoms with van der Waals surface area (Å²) in [5, 5.41) is 1.16. The molecule has 1 aromatic heterocycles. The Hall–Kier alpha value is -2.68. The zero-order valence-corrected chi connectivity index (χ0v) is 18.0. The van der Waals surface area contributed by atoms with Gasteiger partial charge in [0.05, 0.1) is 16.8 Å². The van der Waals surface area contributed by atoms with Crippen LogP contribution in [0.4, 0.5) is 5.69 Å². The SMILES string of the molecule is Cc1cccc2c1C(C)(C)C(C)(C)N=C2c1ccc2nccc(N(C)C)c2c1. The standard InChI is InChI=1S/C25H29N3/c1-16-9-8-10-18-22(16)24(2,3)25(4,5)27-23(18)17-11-12-20-19(15-17)21(28(6)7)13-14-26-20/h8-15H,1-7H3. The Morgan fingerprint density at radius 2 is 1.68 bits per heavy atom. The maximum Gasteiger partial charge on any atom is 0.0729 e. The van der Waals surface area contributed by atoms with E-state index in [0.29, 0.717) is 0 Å². The van der Waals surface area contributed by atoms with Crippen molar-refractivity contribution in [1.82, 2.24) is 4.98 Å². The number of anilines is 1. The number of hydrogen-bond acceptors (Lipinski definition) is 3. The minimum Gasteiger partial charge on any atom is -0.377 e. The van der Waals surface area contributed by atoms with Crippen LogP contribution >= 0.6 is 0 Å². The lowest BCUT2D eigenvalue weighted by Gasteiger charge is -2.45. The number of hydrogen-bond donors (Lipinski definition) is 0. The average molecular weight is 372 g/mol. The Morgan fingerprint density at radius 3 is 2.39 bits per heavy atom. The van der Waals surface area contributed by atoms with E-state index in [9.17, 15) is 0 Å². The summed E-state index contributed by atoms with van der Waals surface area (Å²) in [6.45, 7) is 11.3. The van der Waals surface area contributed by atoms with Gasteiger partial charge < -0.3 is 4.90 Å². The Kier molecular flexibility index (Phi) is 4.11. The van der Waals surface area contributed by atoms with Crippen LogP contribution in [-0.2, 0) is 5.41 Å². The Labute approximate surface area is 168 Å². The van der Waals surface area contributed by atoms with Crippen LogP contribution in [0.5, 0.6) is 0 Å². The van der Waals surface area contributed by atoms with E-state index in [0.717, 1.165) is 22.2 Å². The van der Waals surface area contributed by atoms with Gasteiger partial charge in [0, 0.05) is 47.9 Å². The third kappa shape index (κ3) is 2.64. The van der Waals surface area contributed by atoms with Crippen LogP contribution < -0.4 is 4.90 Å². The molecule has 144 valence electrons. The van der Waals surface area contributed by atoms with E-state index >= 15 is 0 Å². The molecule has 3 aromatic rings. The van der Waals surface area contributed by atoms with E-state index in [1.807, 2.05) is 6.20 Å². The molecular formula is C25H29N3. The highest BCUT2D eigenvalue weighted by Crippen LogP contribution is 2.45. The van der Waals surface area contributed by atoms with Crippen LogP contribution in [0.1, 0.15) is 49.9 Å². The van der Waals surface area contributed by atoms with Gasteiger partial charge in [-0.25, -0.2) is 0 Å². The van der Waals surface area contributed by atoms with Gasteiger partial charge in [-0.2, -0.15) is 0 Å². The van der Waals surface area contributed by atoms with Crippen molar-refractivity contribution < 1.29 is 0 Å². The summed E-state index contributed by atoms with van der Waals surface area (Å²) in [6, 6.07) is 15.2. The van der Waals surface area contributed by atoms with Crippen LogP contribution in [0.15, 0.2) is 53.7 Å². The first kappa shape index (κ1) is 18.7. The highest BCUT2D eigenvalue weighted by atomic mass is 15.1. The topological polar surface area (TPSA) is 28.5 Å². The molecule has 3 nitrogen and oxygen atoms in total. The van der Waals surface area contributed by atoms with Crippen molar-refractivity contribution in [2.24, 2.45) is 4.99 Å². The largest absolute Gasteiger partial charge is 0.377 e. The van der Waals surface area contributed by atoms with E-state index in [1.165, 1.54) is 22.4 Å². The first-order chi connectivity index (χ1) is 13.1. The van der Waals surface area contributed by atoms with Gasteiger partial charge in [0.15, 0.2) is 0 Å². The van der Waals surface area contributed by atoms with Crippen LogP contribution in [0, 0.1) is 6.92 Å². The maximum atomic E-state index is 5.28. The van der Waals surface area contributed by atoms with Crippen molar-refractivity contribution in [3.8, 4) is 0 Å². The maximum absolute atomic E-state index is 5.28. The van der Waals surface area contributed by atoms with Crippen molar-refractivity contribution in [2.75, 3.05) is 19.0 Å². The summed E-state index contributed by atoms with van der Waals surface area (Å²) in [5.74, 6) is 0. The quantitative estimate of drug-likeness (QED) is 0.594. The molecule has 2 heterocycles. The van der Waals surface area contributed by atoms with Crippen molar-refractivity contribution in [3.05, 3.63) is 70.9 Å². The van der Waals surface area contributed by atoms with E-state index in [4.69, 9.17) is 4.99 Å². The second kappa shape index (κ2) is 6.16. The molecule has 0 fully saturated rings. The normalized spacial score (nSPS) is 17.2. The van der Waals surface area contributed by atoms with Gasteiger partial charge in [-0.05, 0) is 50.1 Å². The average Bonchev–Trinajstić information content (AvgIpc) is 2.63. The predicted octanol–water partition coefficient (Wildman–Crippen LogP) is 5.52. The van der Waals surface area contributed by atoms with Gasteiger partial charge in [0.2, 0.25) is 0 Å². The van der Waals surface area contributed by atoms with E-state index in [2.05, 4.69) is 101 Å². The first-order valence-corrected chi connectivity index (χ1v) is 9.90. The van der Waals surface area contributed by atoms with E-state index in [1.54, 1.807) is 0 Å². The predicted molar refractivity (Wildman–Crippen MR) is 120 cm³/mol. The molecular weight excluding hydrogens is 342 g/mol. The fourth-order valence-corrected chi connectivity index (χ4v) is 4.37. The molecule has 0 amide bonds. The van der Waals surface area contributed by atoms with Crippen molar-refractivity contribution in [1.29, 1.82) is 0 Å². The van der Waals surface area contributed by atoms with Crippen molar-refractivity contribution in [2.45, 2.75) is 45.6 Å². The molecule has 0 unspecified atom stereocenters. The molecule has 0 saturated carbocycles. The molecule has 2 aromatic carbocycles. The second-order valence-electron chi connectivity index (χ2n) is 9.10. The number of nitrogens with zero attached hydrogens (tertiary/aromatic N) is 3. The second-order valence-corrected chi connectivity index (χ2v) is 9.10. The van der Waals surface area contributed by atoms with Gasteiger partial charge in [-0.1, -0.05) is 38.1 Å². The number of aromatic nitrogens is 1. The molecule has 0 aliphatic carbocycles. The molecule has 1 aliphatic heterocycles. The van der Waals surface area contributed by atoms with E-state index in [-0.39, 0.29) is 11.0 Å². The van der Waals surface area contributed by atoms with Crippen LogP contribution in [-0.4, -0.2) is 30.3 Å². The Morgan fingerprint density at radius 1 is 0.929 bits per heavy atom. The molecule has 0 saturated heterocycles. The van der Waals surface area contributed by atoms with E-state index < -0.39 is 0 Å². The van der Waals surface area contributed by atoms with Crippen LogP contribution in [0.3, 0.4) is 0 Å². The lowest BCUT2D eigenvalue weighted by Crippen LogP contribution is -2.46. The monoisotopic (exact) mass is 371 g/mol. The van der Waals surface area contributed by atoms with Gasteiger partial charge in [-0.15, -0.1) is 0 Å². The number of fused-ring (bicyclic) bond motifs is 2. The summed E-state index contributed by atoms with van der Waals surface area (Å²) in [7, 11) is 4.15. The number of rotatable bonds is 2. The fourth-order valence-electron chi connectivity index (χ4n) is 4.37. The Bertz CT molecular complexity index is 1100. The number of aryl methyl sites for hydroxylation is 1. The molecule has 1 aliphatic rings. The number of benzene rings is 2. The molecule has 28 heavy (non-hydrogen) atoms. The zero-order valence-electron chi connectivity index (χ0n) is 18.0. The lowest BCUT2D eigenvalue weighted by atomic mass is 9.64. The number of pyridine rings is 1. The molecule has 0 bridgehead atoms. The minimum atomic E-state index is -0.199. The third-order valence-corrected chi connectivity index (χ3v) is 6.55. The fraction of sp³-hybridized carbons (Fsp3) is 0.360. The highest BCUT2D eigenvalue weighted by Gasteiger charge is 2.44. The molecule has 3 heteroatoms. The molecule has 0 N–H and O–H groups in total. The zero-order chi connectivity index (χ0) is 20.3. The summed E-state index contributed by atoms with van der Waals surface area (Å²) >= 11 is 0. The van der Waals surface area contributed by atoms with Crippen molar-refractivity contribution in [3.63, 3.8) is 0 Å².